The van der Waals surface area contributed by atoms with Crippen molar-refractivity contribution in [3.8, 4) is 0 Å². The Morgan fingerprint density at radius 1 is 1.43 bits per heavy atom. The van der Waals surface area contributed by atoms with E-state index in [-0.39, 0.29) is 0 Å². The first kappa shape index (κ1) is 14.8. The Bertz CT molecular complexity index is 670. The van der Waals surface area contributed by atoms with Crippen LogP contribution < -0.4 is 0 Å². The standard InChI is InChI=1S/C14H18ClN5S/c1-9-11(13(15)19(2)18-9)8-20-5-4-12-10(7-20)6-16-14(17-12)21-3/h6H,4-5,7-8H2,1-3H3. The minimum absolute atomic E-state index is 0.729. The van der Waals surface area contributed by atoms with Crippen molar-refractivity contribution in [3.05, 3.63) is 33.9 Å². The summed E-state index contributed by atoms with van der Waals surface area (Å²) in [4.78, 5) is 11.3. The van der Waals surface area contributed by atoms with Crippen LogP contribution in [0, 0.1) is 6.92 Å². The van der Waals surface area contributed by atoms with Gasteiger partial charge in [0.15, 0.2) is 5.16 Å². The van der Waals surface area contributed by atoms with Crippen LogP contribution in [0.25, 0.3) is 0 Å². The SMILES string of the molecule is CSc1ncc2c(n1)CCN(Cc1c(C)nn(C)c1Cl)C2. The molecule has 5 nitrogen and oxygen atoms in total. The van der Waals surface area contributed by atoms with E-state index < -0.39 is 0 Å². The smallest absolute Gasteiger partial charge is 0.187 e. The number of nitrogens with zero attached hydrogens (tertiary/aromatic N) is 5. The summed E-state index contributed by atoms with van der Waals surface area (Å²) in [5, 5.41) is 5.96. The summed E-state index contributed by atoms with van der Waals surface area (Å²) in [6, 6.07) is 0. The van der Waals surface area contributed by atoms with Gasteiger partial charge < -0.3 is 0 Å². The van der Waals surface area contributed by atoms with Crippen molar-refractivity contribution >= 4 is 23.4 Å². The predicted molar refractivity (Wildman–Crippen MR) is 84.6 cm³/mol. The van der Waals surface area contributed by atoms with Gasteiger partial charge in [-0.2, -0.15) is 5.10 Å². The molecule has 0 saturated carbocycles. The molecule has 0 aliphatic carbocycles. The molecule has 0 bridgehead atoms. The summed E-state index contributed by atoms with van der Waals surface area (Å²) in [6.45, 7) is 4.69. The van der Waals surface area contributed by atoms with Gasteiger partial charge in [0.2, 0.25) is 0 Å². The minimum atomic E-state index is 0.729. The van der Waals surface area contributed by atoms with Gasteiger partial charge in [-0.05, 0) is 13.2 Å². The van der Waals surface area contributed by atoms with E-state index in [1.165, 1.54) is 11.3 Å². The quantitative estimate of drug-likeness (QED) is 0.641. The summed E-state index contributed by atoms with van der Waals surface area (Å²) in [5.74, 6) is 0. The van der Waals surface area contributed by atoms with Crippen LogP contribution in [0.2, 0.25) is 5.15 Å². The second-order valence-corrected chi connectivity index (χ2v) is 6.40. The predicted octanol–water partition coefficient (Wildman–Crippen LogP) is 2.45. The third kappa shape index (κ3) is 2.93. The average molecular weight is 324 g/mol. The third-order valence-corrected chi connectivity index (χ3v) is 4.86. The Hall–Kier alpha value is -1.11. The van der Waals surface area contributed by atoms with Gasteiger partial charge in [0.05, 0.1) is 11.4 Å². The maximum absolute atomic E-state index is 6.32. The second-order valence-electron chi connectivity index (χ2n) is 5.27. The van der Waals surface area contributed by atoms with E-state index in [2.05, 4.69) is 20.0 Å². The van der Waals surface area contributed by atoms with Crippen molar-refractivity contribution in [2.75, 3.05) is 12.8 Å². The van der Waals surface area contributed by atoms with E-state index in [9.17, 15) is 0 Å². The Morgan fingerprint density at radius 2 is 2.24 bits per heavy atom. The highest BCUT2D eigenvalue weighted by atomic mass is 35.5. The normalized spacial score (nSPS) is 15.2. The van der Waals surface area contributed by atoms with Crippen LogP contribution in [0.15, 0.2) is 11.4 Å². The lowest BCUT2D eigenvalue weighted by Gasteiger charge is -2.27. The van der Waals surface area contributed by atoms with Gasteiger partial charge in [0.1, 0.15) is 5.15 Å². The number of hydrogen-bond donors (Lipinski definition) is 0. The van der Waals surface area contributed by atoms with Crippen LogP contribution in [0.5, 0.6) is 0 Å². The molecule has 0 aromatic carbocycles. The van der Waals surface area contributed by atoms with Gasteiger partial charge in [0.25, 0.3) is 0 Å². The van der Waals surface area contributed by atoms with Crippen LogP contribution in [-0.2, 0) is 26.6 Å². The molecule has 0 saturated heterocycles. The lowest BCUT2D eigenvalue weighted by Crippen LogP contribution is -2.31. The van der Waals surface area contributed by atoms with Crippen molar-refractivity contribution in [1.29, 1.82) is 0 Å². The molecule has 3 heterocycles. The molecule has 2 aromatic heterocycles. The fourth-order valence-electron chi connectivity index (χ4n) is 2.67. The highest BCUT2D eigenvalue weighted by Gasteiger charge is 2.21. The molecule has 1 aliphatic rings. The molecule has 2 aromatic rings. The number of rotatable bonds is 3. The van der Waals surface area contributed by atoms with Crippen LogP contribution in [0.3, 0.4) is 0 Å². The van der Waals surface area contributed by atoms with E-state index >= 15 is 0 Å². The summed E-state index contributed by atoms with van der Waals surface area (Å²) < 4.78 is 1.73. The first-order chi connectivity index (χ1) is 10.1. The average Bonchev–Trinajstić information content (AvgIpc) is 2.73. The van der Waals surface area contributed by atoms with Gasteiger partial charge in [-0.25, -0.2) is 9.97 Å². The van der Waals surface area contributed by atoms with Crippen molar-refractivity contribution in [2.45, 2.75) is 31.6 Å². The molecule has 112 valence electrons. The molecule has 0 radical (unpaired) electrons. The molecule has 0 N–H and O–H groups in total. The maximum Gasteiger partial charge on any atom is 0.187 e. The number of halogens is 1. The van der Waals surface area contributed by atoms with Crippen LogP contribution in [0.4, 0.5) is 0 Å². The molecule has 0 atom stereocenters. The van der Waals surface area contributed by atoms with E-state index in [1.54, 1.807) is 16.4 Å². The molecule has 3 rings (SSSR count). The molecule has 0 spiro atoms. The maximum atomic E-state index is 6.32. The second kappa shape index (κ2) is 5.94. The van der Waals surface area contributed by atoms with Crippen LogP contribution in [0.1, 0.15) is 22.5 Å². The molecule has 21 heavy (non-hydrogen) atoms. The number of aryl methyl sites for hydroxylation is 2. The zero-order chi connectivity index (χ0) is 15.0. The van der Waals surface area contributed by atoms with Crippen molar-refractivity contribution in [2.24, 2.45) is 7.05 Å². The van der Waals surface area contributed by atoms with Gasteiger partial charge in [-0.15, -0.1) is 0 Å². The number of thioether (sulfide) groups is 1. The molecule has 1 aliphatic heterocycles. The molecule has 7 heteroatoms. The molecule has 0 fully saturated rings. The summed E-state index contributed by atoms with van der Waals surface area (Å²) in [5.41, 5.74) is 4.52. The van der Waals surface area contributed by atoms with E-state index in [0.29, 0.717) is 0 Å². The zero-order valence-electron chi connectivity index (χ0n) is 12.4. The van der Waals surface area contributed by atoms with Gasteiger partial charge >= 0.3 is 0 Å². The van der Waals surface area contributed by atoms with Crippen LogP contribution in [-0.4, -0.2) is 37.4 Å². The largest absolute Gasteiger partial charge is 0.294 e. The number of fused-ring (bicyclic) bond motifs is 1. The van der Waals surface area contributed by atoms with E-state index in [1.807, 2.05) is 26.4 Å². The Morgan fingerprint density at radius 3 is 2.90 bits per heavy atom. The van der Waals surface area contributed by atoms with Gasteiger partial charge in [-0.1, -0.05) is 23.4 Å². The molecular formula is C14H18ClN5S. The fraction of sp³-hybridized carbons (Fsp3) is 0.500. The Balaban J connectivity index is 1.77. The third-order valence-electron chi connectivity index (χ3n) is 3.83. The number of hydrogen-bond acceptors (Lipinski definition) is 5. The highest BCUT2D eigenvalue weighted by Crippen LogP contribution is 2.24. The van der Waals surface area contributed by atoms with E-state index in [4.69, 9.17) is 11.6 Å². The van der Waals surface area contributed by atoms with E-state index in [0.717, 1.165) is 47.6 Å². The lowest BCUT2D eigenvalue weighted by molar-refractivity contribution is 0.241. The first-order valence-electron chi connectivity index (χ1n) is 6.87. The Kier molecular flexibility index (Phi) is 4.19. The molecular weight excluding hydrogens is 306 g/mol. The van der Waals surface area contributed by atoms with Crippen molar-refractivity contribution in [3.63, 3.8) is 0 Å². The first-order valence-corrected chi connectivity index (χ1v) is 8.48. The molecule has 0 unspecified atom stereocenters. The lowest BCUT2D eigenvalue weighted by atomic mass is 10.1. The zero-order valence-corrected chi connectivity index (χ0v) is 14.0. The topological polar surface area (TPSA) is 46.8 Å². The van der Waals surface area contributed by atoms with Crippen molar-refractivity contribution in [1.82, 2.24) is 24.6 Å². The molecule has 0 amide bonds. The van der Waals surface area contributed by atoms with Gasteiger partial charge in [0, 0.05) is 50.4 Å². The summed E-state index contributed by atoms with van der Waals surface area (Å²) in [7, 11) is 1.88. The van der Waals surface area contributed by atoms with Crippen molar-refractivity contribution < 1.29 is 0 Å². The summed E-state index contributed by atoms with van der Waals surface area (Å²) >= 11 is 7.91. The Labute approximate surface area is 133 Å². The van der Waals surface area contributed by atoms with Crippen LogP contribution >= 0.6 is 23.4 Å². The fourth-order valence-corrected chi connectivity index (χ4v) is 3.26. The number of aromatic nitrogens is 4. The summed E-state index contributed by atoms with van der Waals surface area (Å²) in [6.07, 6.45) is 4.92. The highest BCUT2D eigenvalue weighted by molar-refractivity contribution is 7.98. The van der Waals surface area contributed by atoms with Gasteiger partial charge in [-0.3, -0.25) is 9.58 Å². The monoisotopic (exact) mass is 323 g/mol. The minimum Gasteiger partial charge on any atom is -0.294 e.